The smallest absolute Gasteiger partial charge is 0.207 e. The van der Waals surface area contributed by atoms with Crippen molar-refractivity contribution in [2.24, 2.45) is 0 Å². The number of rotatable bonds is 7. The fourth-order valence-electron chi connectivity index (χ4n) is 2.04. The first kappa shape index (κ1) is 15.9. The van der Waals surface area contributed by atoms with E-state index < -0.39 is 0 Å². The van der Waals surface area contributed by atoms with E-state index in [4.69, 9.17) is 9.47 Å². The lowest BCUT2D eigenvalue weighted by atomic mass is 10.3. The summed E-state index contributed by atoms with van der Waals surface area (Å²) < 4.78 is 13.4. The number of hydrogen-bond donors (Lipinski definition) is 1. The van der Waals surface area contributed by atoms with Crippen LogP contribution < -0.4 is 10.1 Å². The monoisotopic (exact) mass is 353 g/mol. The van der Waals surface area contributed by atoms with Crippen LogP contribution in [-0.2, 0) is 4.74 Å². The zero-order valence-electron chi connectivity index (χ0n) is 12.5. The van der Waals surface area contributed by atoms with E-state index in [9.17, 15) is 0 Å². The normalized spacial score (nSPS) is 10.7. The van der Waals surface area contributed by atoms with Crippen LogP contribution in [0.1, 0.15) is 12.1 Å². The molecule has 0 unspecified atom stereocenters. The molecular formula is C15H20BrN3O2. The number of nitrogens with zero attached hydrogens (tertiary/aromatic N) is 2. The largest absolute Gasteiger partial charge is 0.497 e. The molecule has 0 amide bonds. The lowest BCUT2D eigenvalue weighted by Gasteiger charge is -2.11. The van der Waals surface area contributed by atoms with Gasteiger partial charge < -0.3 is 14.8 Å². The average molecular weight is 354 g/mol. The van der Waals surface area contributed by atoms with Gasteiger partial charge in [-0.2, -0.15) is 0 Å². The molecule has 2 rings (SSSR count). The Kier molecular flexibility index (Phi) is 5.64. The molecule has 1 N–H and O–H groups in total. The number of anilines is 1. The molecule has 2 aromatic rings. The summed E-state index contributed by atoms with van der Waals surface area (Å²) in [7, 11) is 3.37. The quantitative estimate of drug-likeness (QED) is 0.775. The lowest BCUT2D eigenvalue weighted by molar-refractivity contribution is 0.197. The Morgan fingerprint density at radius 1 is 1.29 bits per heavy atom. The molecule has 0 bridgehead atoms. The molecule has 1 aromatic carbocycles. The van der Waals surface area contributed by atoms with Crippen molar-refractivity contribution in [3.8, 4) is 11.4 Å². The van der Waals surface area contributed by atoms with Gasteiger partial charge in [-0.1, -0.05) is 15.9 Å². The van der Waals surface area contributed by atoms with Gasteiger partial charge in [0.15, 0.2) is 0 Å². The van der Waals surface area contributed by atoms with Crippen molar-refractivity contribution >= 4 is 21.9 Å². The van der Waals surface area contributed by atoms with E-state index in [0.29, 0.717) is 0 Å². The first-order valence-corrected chi connectivity index (χ1v) is 7.57. The number of imidazole rings is 1. The van der Waals surface area contributed by atoms with Crippen LogP contribution in [-0.4, -0.2) is 36.9 Å². The van der Waals surface area contributed by atoms with E-state index in [0.717, 1.165) is 47.1 Å². The van der Waals surface area contributed by atoms with E-state index in [1.165, 1.54) is 0 Å². The van der Waals surface area contributed by atoms with Gasteiger partial charge in [0.25, 0.3) is 0 Å². The van der Waals surface area contributed by atoms with E-state index in [-0.39, 0.29) is 0 Å². The summed E-state index contributed by atoms with van der Waals surface area (Å²) >= 11 is 3.50. The van der Waals surface area contributed by atoms with Crippen molar-refractivity contribution in [1.82, 2.24) is 9.55 Å². The number of aryl methyl sites for hydroxylation is 1. The van der Waals surface area contributed by atoms with Gasteiger partial charge in [0.05, 0.1) is 18.5 Å². The highest BCUT2D eigenvalue weighted by Gasteiger charge is 2.09. The maximum Gasteiger partial charge on any atom is 0.207 e. The topological polar surface area (TPSA) is 48.3 Å². The summed E-state index contributed by atoms with van der Waals surface area (Å²) in [5.41, 5.74) is 1.96. The van der Waals surface area contributed by atoms with E-state index in [1.807, 2.05) is 35.9 Å². The fraction of sp³-hybridized carbons (Fsp3) is 0.400. The van der Waals surface area contributed by atoms with Gasteiger partial charge >= 0.3 is 0 Å². The number of halogens is 1. The van der Waals surface area contributed by atoms with E-state index >= 15 is 0 Å². The highest BCUT2D eigenvalue weighted by atomic mass is 79.9. The second kappa shape index (κ2) is 7.47. The number of benzene rings is 1. The van der Waals surface area contributed by atoms with Gasteiger partial charge in [-0.05, 0) is 25.5 Å². The molecule has 6 heteroatoms. The Morgan fingerprint density at radius 3 is 2.81 bits per heavy atom. The van der Waals surface area contributed by atoms with Gasteiger partial charge in [-0.25, -0.2) is 4.98 Å². The molecule has 0 radical (unpaired) electrons. The van der Waals surface area contributed by atoms with Crippen LogP contribution in [0.4, 0.5) is 5.95 Å². The predicted octanol–water partition coefficient (Wildman–Crippen LogP) is 3.40. The van der Waals surface area contributed by atoms with Crippen molar-refractivity contribution < 1.29 is 9.47 Å². The molecule has 1 aromatic heterocycles. The number of methoxy groups -OCH3 is 2. The van der Waals surface area contributed by atoms with Crippen LogP contribution in [0, 0.1) is 6.92 Å². The van der Waals surface area contributed by atoms with Gasteiger partial charge in [-0.15, -0.1) is 0 Å². The molecule has 0 aliphatic heterocycles. The number of ether oxygens (including phenoxy) is 2. The first-order valence-electron chi connectivity index (χ1n) is 6.78. The minimum atomic E-state index is 0.734. The molecule has 114 valence electrons. The van der Waals surface area contributed by atoms with Crippen LogP contribution in [0.25, 0.3) is 5.69 Å². The second-order valence-electron chi connectivity index (χ2n) is 4.70. The van der Waals surface area contributed by atoms with Crippen molar-refractivity contribution in [3.63, 3.8) is 0 Å². The molecule has 5 nitrogen and oxygen atoms in total. The van der Waals surface area contributed by atoms with Gasteiger partial charge in [-0.3, -0.25) is 4.57 Å². The van der Waals surface area contributed by atoms with Crippen molar-refractivity contribution in [2.45, 2.75) is 13.3 Å². The van der Waals surface area contributed by atoms with Crippen LogP contribution in [0.3, 0.4) is 0 Å². The third-order valence-corrected chi connectivity index (χ3v) is 3.46. The Balaban J connectivity index is 2.24. The van der Waals surface area contributed by atoms with Crippen molar-refractivity contribution in [1.29, 1.82) is 0 Å². The van der Waals surface area contributed by atoms with Crippen LogP contribution >= 0.6 is 15.9 Å². The fourth-order valence-corrected chi connectivity index (χ4v) is 2.50. The van der Waals surface area contributed by atoms with Crippen molar-refractivity contribution in [3.05, 3.63) is 34.6 Å². The van der Waals surface area contributed by atoms with Gasteiger partial charge in [0.2, 0.25) is 5.95 Å². The maximum absolute atomic E-state index is 5.32. The number of nitrogens with one attached hydrogen (secondary N) is 1. The van der Waals surface area contributed by atoms with Crippen LogP contribution in [0.5, 0.6) is 5.75 Å². The Morgan fingerprint density at radius 2 is 2.10 bits per heavy atom. The highest BCUT2D eigenvalue weighted by molar-refractivity contribution is 9.10. The molecule has 0 atom stereocenters. The first-order chi connectivity index (χ1) is 10.1. The molecule has 0 saturated carbocycles. The van der Waals surface area contributed by atoms with E-state index in [1.54, 1.807) is 14.2 Å². The summed E-state index contributed by atoms with van der Waals surface area (Å²) in [5.74, 6) is 1.62. The Labute approximate surface area is 133 Å². The highest BCUT2D eigenvalue weighted by Crippen LogP contribution is 2.26. The summed E-state index contributed by atoms with van der Waals surface area (Å²) in [6.45, 7) is 3.53. The van der Waals surface area contributed by atoms with Crippen molar-refractivity contribution in [2.75, 3.05) is 32.7 Å². The summed E-state index contributed by atoms with van der Waals surface area (Å²) in [6, 6.07) is 5.94. The molecule has 21 heavy (non-hydrogen) atoms. The number of aromatic nitrogens is 2. The van der Waals surface area contributed by atoms with Crippen LogP contribution in [0.2, 0.25) is 0 Å². The SMILES string of the molecule is COCCCNc1nc(C)cn1-c1cc(Br)cc(OC)c1. The third-order valence-electron chi connectivity index (χ3n) is 3.00. The van der Waals surface area contributed by atoms with Gasteiger partial charge in [0, 0.05) is 37.0 Å². The number of hydrogen-bond acceptors (Lipinski definition) is 4. The summed E-state index contributed by atoms with van der Waals surface area (Å²) in [4.78, 5) is 4.52. The molecule has 0 spiro atoms. The summed E-state index contributed by atoms with van der Waals surface area (Å²) in [6.07, 6.45) is 2.93. The predicted molar refractivity (Wildman–Crippen MR) is 87.5 cm³/mol. The molecule has 1 heterocycles. The van der Waals surface area contributed by atoms with Gasteiger partial charge in [0.1, 0.15) is 5.75 Å². The van der Waals surface area contributed by atoms with E-state index in [2.05, 4.69) is 26.2 Å². The minimum Gasteiger partial charge on any atom is -0.497 e. The molecular weight excluding hydrogens is 334 g/mol. The summed E-state index contributed by atoms with van der Waals surface area (Å²) in [5, 5.41) is 3.34. The minimum absolute atomic E-state index is 0.734. The molecule has 0 saturated heterocycles. The lowest BCUT2D eigenvalue weighted by Crippen LogP contribution is -2.09. The molecule has 0 aliphatic rings. The Bertz CT molecular complexity index is 599. The maximum atomic E-state index is 5.32. The zero-order chi connectivity index (χ0) is 15.2. The zero-order valence-corrected chi connectivity index (χ0v) is 14.1. The second-order valence-corrected chi connectivity index (χ2v) is 5.61. The molecule has 0 fully saturated rings. The average Bonchev–Trinajstić information content (AvgIpc) is 2.84. The molecule has 0 aliphatic carbocycles. The standard InChI is InChI=1S/C15H20BrN3O2/c1-11-10-19(15(18-11)17-5-4-6-20-2)13-7-12(16)8-14(9-13)21-3/h7-10H,4-6H2,1-3H3,(H,17,18). The van der Waals surface area contributed by atoms with Crippen LogP contribution in [0.15, 0.2) is 28.9 Å². The third kappa shape index (κ3) is 4.22. The Hall–Kier alpha value is -1.53.